The second-order valence-electron chi connectivity index (χ2n) is 11.1. The molecule has 0 aliphatic heterocycles. The molecule has 1 atom stereocenters. The van der Waals surface area contributed by atoms with E-state index in [2.05, 4.69) is 23.6 Å². The average molecular weight is 641 g/mol. The maximum absolute atomic E-state index is 13.9. The second-order valence-corrected chi connectivity index (χ2v) is 12.7. The molecular weight excluding hydrogens is 604 g/mol. The summed E-state index contributed by atoms with van der Waals surface area (Å²) in [7, 11) is 0. The van der Waals surface area contributed by atoms with Crippen molar-refractivity contribution in [1.29, 1.82) is 0 Å². The standard InChI is InChI=1S/C37H37ClN2O4S/c1-3-5-7-12-35(41)44-39-32(21-22-45-29-17-15-28(38)16-18-29)37(43)27-14-20-34-31(24-27)30-23-26(13-19-33(30)40(34)4-2)36(42)25-10-8-6-9-11-25/h6,8-11,13-20,24,26H,3-5,7,12,21-23H2,1-2H3/b39-32+. The third-order valence-corrected chi connectivity index (χ3v) is 9.29. The molecule has 232 valence electrons. The van der Waals surface area contributed by atoms with Gasteiger partial charge in [0.05, 0.1) is 0 Å². The Morgan fingerprint density at radius 1 is 0.956 bits per heavy atom. The number of benzene rings is 3. The van der Waals surface area contributed by atoms with E-state index in [0.717, 1.165) is 52.9 Å². The molecule has 0 amide bonds. The highest BCUT2D eigenvalue weighted by Crippen LogP contribution is 2.35. The highest BCUT2D eigenvalue weighted by atomic mass is 35.5. The van der Waals surface area contributed by atoms with Crippen molar-refractivity contribution in [3.8, 4) is 0 Å². The van der Waals surface area contributed by atoms with Gasteiger partial charge in [-0.3, -0.25) is 9.59 Å². The Labute approximate surface area is 273 Å². The highest BCUT2D eigenvalue weighted by molar-refractivity contribution is 7.99. The average Bonchev–Trinajstić information content (AvgIpc) is 3.39. The molecule has 8 heteroatoms. The molecule has 6 nitrogen and oxygen atoms in total. The number of halogens is 1. The van der Waals surface area contributed by atoms with Crippen molar-refractivity contribution < 1.29 is 19.2 Å². The maximum Gasteiger partial charge on any atom is 0.335 e. The third kappa shape index (κ3) is 7.84. The van der Waals surface area contributed by atoms with E-state index in [9.17, 15) is 14.4 Å². The van der Waals surface area contributed by atoms with Crippen molar-refractivity contribution in [2.45, 2.75) is 63.8 Å². The molecule has 0 spiro atoms. The first-order valence-corrected chi connectivity index (χ1v) is 16.9. The number of rotatable bonds is 14. The monoisotopic (exact) mass is 640 g/mol. The highest BCUT2D eigenvalue weighted by Gasteiger charge is 2.27. The molecule has 0 bridgehead atoms. The number of hydrogen-bond acceptors (Lipinski definition) is 6. The molecule has 45 heavy (non-hydrogen) atoms. The summed E-state index contributed by atoms with van der Waals surface area (Å²) in [4.78, 5) is 45.9. The number of carbonyl (C=O) groups is 3. The van der Waals surface area contributed by atoms with Crippen molar-refractivity contribution in [2.75, 3.05) is 5.75 Å². The van der Waals surface area contributed by atoms with Gasteiger partial charge in [0.2, 0.25) is 5.78 Å². The molecule has 1 aliphatic carbocycles. The number of Topliss-reactive ketones (excluding diaryl/α,β-unsaturated/α-hetero) is 2. The maximum atomic E-state index is 13.9. The van der Waals surface area contributed by atoms with Crippen molar-refractivity contribution in [3.05, 3.63) is 106 Å². The van der Waals surface area contributed by atoms with E-state index in [1.165, 1.54) is 0 Å². The van der Waals surface area contributed by atoms with Gasteiger partial charge >= 0.3 is 5.97 Å². The molecule has 3 aromatic carbocycles. The van der Waals surface area contributed by atoms with Gasteiger partial charge in [-0.05, 0) is 73.9 Å². The van der Waals surface area contributed by atoms with Crippen LogP contribution in [0.4, 0.5) is 0 Å². The number of fused-ring (bicyclic) bond motifs is 3. The smallest absolute Gasteiger partial charge is 0.335 e. The van der Waals surface area contributed by atoms with Crippen molar-refractivity contribution in [2.24, 2.45) is 11.1 Å². The normalized spacial score (nSPS) is 14.4. The number of allylic oxidation sites excluding steroid dienone is 1. The third-order valence-electron chi connectivity index (χ3n) is 8.02. The van der Waals surface area contributed by atoms with Gasteiger partial charge in [0.1, 0.15) is 5.71 Å². The van der Waals surface area contributed by atoms with Crippen molar-refractivity contribution >= 4 is 63.6 Å². The lowest BCUT2D eigenvalue weighted by molar-refractivity contribution is -0.143. The Balaban J connectivity index is 1.41. The van der Waals surface area contributed by atoms with Gasteiger partial charge in [-0.15, -0.1) is 11.8 Å². The topological polar surface area (TPSA) is 77.7 Å². The fourth-order valence-corrected chi connectivity index (χ4v) is 6.64. The van der Waals surface area contributed by atoms with Crippen LogP contribution in [0.1, 0.15) is 77.9 Å². The molecule has 1 aliphatic rings. The molecule has 1 heterocycles. The zero-order valence-corrected chi connectivity index (χ0v) is 27.2. The summed E-state index contributed by atoms with van der Waals surface area (Å²) in [5.41, 5.74) is 4.47. The minimum Gasteiger partial charge on any atom is -0.341 e. The molecule has 5 rings (SSSR count). The van der Waals surface area contributed by atoms with Crippen LogP contribution < -0.4 is 0 Å². The lowest BCUT2D eigenvalue weighted by Crippen LogP contribution is -2.18. The van der Waals surface area contributed by atoms with Crippen molar-refractivity contribution in [3.63, 3.8) is 0 Å². The summed E-state index contributed by atoms with van der Waals surface area (Å²) in [6.07, 6.45) is 7.80. The minimum atomic E-state index is -0.440. The number of nitrogens with zero attached hydrogens (tertiary/aromatic N) is 2. The molecule has 0 radical (unpaired) electrons. The van der Waals surface area contributed by atoms with E-state index in [1.807, 2.05) is 84.9 Å². The van der Waals surface area contributed by atoms with Crippen LogP contribution in [-0.2, 0) is 22.6 Å². The Kier molecular flexibility index (Phi) is 11.1. The quantitative estimate of drug-likeness (QED) is 0.0343. The Morgan fingerprint density at radius 2 is 1.73 bits per heavy atom. The number of aryl methyl sites for hydroxylation is 1. The Hall–Kier alpha value is -3.94. The summed E-state index contributed by atoms with van der Waals surface area (Å²) in [5, 5.41) is 5.71. The van der Waals surface area contributed by atoms with E-state index < -0.39 is 5.97 Å². The summed E-state index contributed by atoms with van der Waals surface area (Å²) >= 11 is 7.60. The predicted octanol–water partition coefficient (Wildman–Crippen LogP) is 9.23. The second kappa shape index (κ2) is 15.4. The summed E-state index contributed by atoms with van der Waals surface area (Å²) < 4.78 is 2.22. The molecular formula is C37H37ClN2O4S. The van der Waals surface area contributed by atoms with E-state index >= 15 is 0 Å². The van der Waals surface area contributed by atoms with Crippen molar-refractivity contribution in [1.82, 2.24) is 4.57 Å². The number of unbranched alkanes of at least 4 members (excludes halogenated alkanes) is 2. The Morgan fingerprint density at radius 3 is 2.47 bits per heavy atom. The van der Waals surface area contributed by atoms with E-state index in [4.69, 9.17) is 16.4 Å². The lowest BCUT2D eigenvalue weighted by atomic mass is 9.86. The van der Waals surface area contributed by atoms with Gasteiger partial charge in [0, 0.05) is 68.7 Å². The zero-order valence-electron chi connectivity index (χ0n) is 25.6. The van der Waals surface area contributed by atoms with E-state index in [1.54, 1.807) is 11.8 Å². The van der Waals surface area contributed by atoms with Crippen LogP contribution in [0.15, 0.2) is 88.9 Å². The van der Waals surface area contributed by atoms with Gasteiger partial charge in [0.25, 0.3) is 0 Å². The van der Waals surface area contributed by atoms with Crippen LogP contribution in [0.3, 0.4) is 0 Å². The van der Waals surface area contributed by atoms with Gasteiger partial charge in [-0.2, -0.15) is 0 Å². The molecule has 0 saturated heterocycles. The van der Waals surface area contributed by atoms with Crippen LogP contribution >= 0.6 is 23.4 Å². The van der Waals surface area contributed by atoms with Crippen LogP contribution in [0.2, 0.25) is 5.02 Å². The van der Waals surface area contributed by atoms with E-state index in [-0.39, 0.29) is 29.6 Å². The van der Waals surface area contributed by atoms with Gasteiger partial charge in [-0.1, -0.05) is 72.9 Å². The largest absolute Gasteiger partial charge is 0.341 e. The molecule has 0 N–H and O–H groups in total. The fourth-order valence-electron chi connectivity index (χ4n) is 5.66. The molecule has 4 aromatic rings. The number of carbonyl (C=O) groups excluding carboxylic acids is 3. The predicted molar refractivity (Wildman–Crippen MR) is 183 cm³/mol. The molecule has 0 fully saturated rings. The number of thioether (sulfide) groups is 1. The zero-order chi connectivity index (χ0) is 31.8. The first-order chi connectivity index (χ1) is 21.9. The van der Waals surface area contributed by atoms with Gasteiger partial charge in [0.15, 0.2) is 5.78 Å². The minimum absolute atomic E-state index is 0.0792. The fraction of sp³-hybridized carbons (Fsp3) is 0.297. The van der Waals surface area contributed by atoms with Crippen LogP contribution in [0, 0.1) is 5.92 Å². The SMILES string of the molecule is CCCCCC(=O)O/N=C(\CCSc1ccc(Cl)cc1)C(=O)c1ccc2c(c1)c1c(n2CC)C=CC(C(=O)c2ccccc2)C1. The summed E-state index contributed by atoms with van der Waals surface area (Å²) in [6.45, 7) is 4.91. The van der Waals surface area contributed by atoms with Crippen LogP contribution in [-0.4, -0.2) is 33.6 Å². The molecule has 1 aromatic heterocycles. The first-order valence-electron chi connectivity index (χ1n) is 15.5. The number of ketones is 2. The Bertz CT molecular complexity index is 1740. The number of hydrogen-bond donors (Lipinski definition) is 0. The summed E-state index contributed by atoms with van der Waals surface area (Å²) in [5.74, 6) is -0.363. The van der Waals surface area contributed by atoms with Crippen LogP contribution in [0.25, 0.3) is 17.0 Å². The molecule has 0 saturated carbocycles. The molecule has 1 unspecified atom stereocenters. The van der Waals surface area contributed by atoms with Gasteiger partial charge < -0.3 is 9.40 Å². The first kappa shape index (κ1) is 32.5. The van der Waals surface area contributed by atoms with Crippen LogP contribution in [0.5, 0.6) is 0 Å². The lowest BCUT2D eigenvalue weighted by Gasteiger charge is -2.18. The number of oxime groups is 1. The van der Waals surface area contributed by atoms with Gasteiger partial charge in [-0.25, -0.2) is 4.79 Å². The van der Waals surface area contributed by atoms with E-state index in [0.29, 0.717) is 34.7 Å². The number of aromatic nitrogens is 1. The summed E-state index contributed by atoms with van der Waals surface area (Å²) in [6, 6.07) is 22.5.